The van der Waals surface area contributed by atoms with Crippen molar-refractivity contribution in [1.82, 2.24) is 29.6 Å². The minimum Gasteiger partial charge on any atom is -0.503 e. The van der Waals surface area contributed by atoms with Gasteiger partial charge in [0.1, 0.15) is 11.7 Å². The number of thiazole rings is 1. The number of nitrogens with zero attached hydrogens (tertiary/aromatic N) is 3. The molecule has 1 fully saturated rings. The molecule has 0 spiro atoms. The van der Waals surface area contributed by atoms with E-state index in [1.807, 2.05) is 4.72 Å². The monoisotopic (exact) mass is 586 g/mol. The number of hydrogen-bond acceptors (Lipinski definition) is 13. The summed E-state index contributed by atoms with van der Waals surface area (Å²) in [4.78, 5) is 72.0. The van der Waals surface area contributed by atoms with Crippen LogP contribution in [0.4, 0.5) is 9.93 Å². The van der Waals surface area contributed by atoms with Gasteiger partial charge < -0.3 is 31.1 Å². The number of aromatic hydroxyl groups is 1. The van der Waals surface area contributed by atoms with Crippen molar-refractivity contribution in [2.75, 3.05) is 12.3 Å². The van der Waals surface area contributed by atoms with Crippen molar-refractivity contribution < 1.29 is 42.6 Å². The number of imide groups is 1. The molecule has 0 saturated carbocycles. The number of hydrogen-bond donors (Lipinski definition) is 7. The SMILES string of the molecule is CC(C)(O/N=C(/C(=O)NC1CN(C(=O)NS(=O)(=O)NCc2cc(=O)c(O)c[nH]2)C1=O)c1csc(N)n1)C(=O)O. The molecular formula is C19H22N8O10S2. The highest BCUT2D eigenvalue weighted by atomic mass is 32.2. The van der Waals surface area contributed by atoms with Crippen molar-refractivity contribution in [1.29, 1.82) is 0 Å². The fourth-order valence-electron chi connectivity index (χ4n) is 2.73. The van der Waals surface area contributed by atoms with Gasteiger partial charge >= 0.3 is 22.2 Å². The lowest BCUT2D eigenvalue weighted by atomic mass is 10.1. The topological polar surface area (TPSA) is 276 Å². The lowest BCUT2D eigenvalue weighted by Gasteiger charge is -2.36. The number of amides is 4. The average Bonchev–Trinajstić information content (AvgIpc) is 3.27. The van der Waals surface area contributed by atoms with Gasteiger partial charge in [-0.05, 0) is 13.8 Å². The van der Waals surface area contributed by atoms with Crippen molar-refractivity contribution >= 4 is 56.2 Å². The van der Waals surface area contributed by atoms with Crippen LogP contribution in [0.3, 0.4) is 0 Å². The van der Waals surface area contributed by atoms with Crippen molar-refractivity contribution in [3.05, 3.63) is 39.3 Å². The van der Waals surface area contributed by atoms with E-state index in [0.29, 0.717) is 4.90 Å². The van der Waals surface area contributed by atoms with Crippen molar-refractivity contribution in [2.24, 2.45) is 5.16 Å². The third-order valence-corrected chi connectivity index (χ3v) is 6.61. The van der Waals surface area contributed by atoms with Gasteiger partial charge in [-0.1, -0.05) is 5.16 Å². The van der Waals surface area contributed by atoms with E-state index in [1.165, 1.54) is 19.2 Å². The third-order valence-electron chi connectivity index (χ3n) is 4.97. The number of aromatic nitrogens is 2. The lowest BCUT2D eigenvalue weighted by Crippen LogP contribution is -2.68. The highest BCUT2D eigenvalue weighted by Gasteiger charge is 2.43. The van der Waals surface area contributed by atoms with E-state index in [1.54, 1.807) is 4.72 Å². The van der Waals surface area contributed by atoms with E-state index in [-0.39, 0.29) is 16.5 Å². The number of carboxylic acid groups (broad SMARTS) is 1. The molecule has 8 N–H and O–H groups in total. The number of H-pyrrole nitrogens is 1. The summed E-state index contributed by atoms with van der Waals surface area (Å²) in [6, 6.07) is -1.63. The second kappa shape index (κ2) is 11.0. The van der Waals surface area contributed by atoms with Crippen LogP contribution in [-0.2, 0) is 36.0 Å². The van der Waals surface area contributed by atoms with E-state index in [0.717, 1.165) is 23.6 Å². The smallest absolute Gasteiger partial charge is 0.350 e. The van der Waals surface area contributed by atoms with Crippen LogP contribution >= 0.6 is 11.3 Å². The quantitative estimate of drug-likeness (QED) is 0.0885. The van der Waals surface area contributed by atoms with Crippen LogP contribution < -0.4 is 25.9 Å². The van der Waals surface area contributed by atoms with Gasteiger partial charge in [0.05, 0.1) is 13.1 Å². The number of likely N-dealkylation sites (tertiary alicyclic amines) is 1. The number of aromatic amines is 1. The zero-order valence-corrected chi connectivity index (χ0v) is 21.8. The molecule has 3 heterocycles. The molecule has 1 aliphatic rings. The van der Waals surface area contributed by atoms with Crippen molar-refractivity contribution in [3.8, 4) is 5.75 Å². The number of nitrogen functional groups attached to an aromatic ring is 1. The van der Waals surface area contributed by atoms with Gasteiger partial charge in [-0.3, -0.25) is 19.3 Å². The molecule has 0 bridgehead atoms. The number of nitrogens with two attached hydrogens (primary N) is 1. The first kappa shape index (κ1) is 29.0. The number of nitrogens with one attached hydrogen (secondary N) is 4. The zero-order valence-electron chi connectivity index (χ0n) is 20.1. The molecule has 0 aliphatic carbocycles. The summed E-state index contributed by atoms with van der Waals surface area (Å²) in [5.74, 6) is -3.90. The molecule has 3 rings (SSSR count). The summed E-state index contributed by atoms with van der Waals surface area (Å²) in [5.41, 5.74) is 2.53. The summed E-state index contributed by atoms with van der Waals surface area (Å²) in [6.07, 6.45) is 0.955. The first-order chi connectivity index (χ1) is 18.1. The average molecular weight is 587 g/mol. The van der Waals surface area contributed by atoms with Crippen LogP contribution in [0.1, 0.15) is 25.2 Å². The molecule has 1 unspecified atom stereocenters. The van der Waals surface area contributed by atoms with Gasteiger partial charge in [0, 0.05) is 23.3 Å². The van der Waals surface area contributed by atoms with Gasteiger partial charge in [-0.15, -0.1) is 11.3 Å². The van der Waals surface area contributed by atoms with Crippen LogP contribution in [0.15, 0.2) is 27.6 Å². The Bertz CT molecular complexity index is 1510. The van der Waals surface area contributed by atoms with E-state index < -0.39 is 75.6 Å². The molecule has 4 amide bonds. The fourth-order valence-corrected chi connectivity index (χ4v) is 4.04. The first-order valence-electron chi connectivity index (χ1n) is 10.6. The zero-order chi connectivity index (χ0) is 29.1. The fraction of sp³-hybridized carbons (Fsp3) is 0.316. The van der Waals surface area contributed by atoms with Crippen molar-refractivity contribution in [3.63, 3.8) is 0 Å². The van der Waals surface area contributed by atoms with Crippen LogP contribution in [0, 0.1) is 0 Å². The minimum atomic E-state index is -4.48. The highest BCUT2D eigenvalue weighted by molar-refractivity contribution is 7.88. The van der Waals surface area contributed by atoms with E-state index in [9.17, 15) is 42.6 Å². The van der Waals surface area contributed by atoms with Gasteiger partial charge in [0.25, 0.3) is 11.8 Å². The number of aliphatic carboxylic acids is 1. The number of oxime groups is 1. The summed E-state index contributed by atoms with van der Waals surface area (Å²) >= 11 is 0.957. The summed E-state index contributed by atoms with van der Waals surface area (Å²) in [5, 5.41) is 25.7. The Hall–Kier alpha value is -4.56. The number of β-lactam (4-membered cyclic amide) rings is 1. The maximum Gasteiger partial charge on any atom is 0.350 e. The first-order valence-corrected chi connectivity index (χ1v) is 13.0. The largest absolute Gasteiger partial charge is 0.503 e. The van der Waals surface area contributed by atoms with Gasteiger partial charge in [0.15, 0.2) is 16.6 Å². The van der Waals surface area contributed by atoms with E-state index in [4.69, 9.17) is 10.6 Å². The predicted octanol–water partition coefficient (Wildman–Crippen LogP) is -2.23. The maximum atomic E-state index is 12.8. The molecule has 2 aromatic heterocycles. The molecule has 0 aromatic carbocycles. The standard InChI is InChI=1S/C19H22N8O10S2/c1-19(2,16(32)33)37-25-13(10-7-38-17(20)24-10)14(30)23-9-6-27(15(9)31)18(34)26-39(35,36)22-4-8-3-11(28)12(29)5-21-8/h3,5,7,9,22,29H,4,6H2,1-2H3,(H2,20,24)(H,21,28)(H,23,30)(H,26,34)(H,32,33)/b25-13+. The Morgan fingerprint density at radius 3 is 2.62 bits per heavy atom. The summed E-state index contributed by atoms with van der Waals surface area (Å²) in [6.45, 7) is 1.51. The molecule has 210 valence electrons. The van der Waals surface area contributed by atoms with E-state index >= 15 is 0 Å². The van der Waals surface area contributed by atoms with Crippen LogP contribution in [0.5, 0.6) is 5.75 Å². The lowest BCUT2D eigenvalue weighted by molar-refractivity contribution is -0.161. The van der Waals surface area contributed by atoms with Crippen LogP contribution in [0.25, 0.3) is 0 Å². The maximum absolute atomic E-state index is 12.8. The predicted molar refractivity (Wildman–Crippen MR) is 133 cm³/mol. The number of anilines is 1. The Morgan fingerprint density at radius 1 is 1.36 bits per heavy atom. The molecular weight excluding hydrogens is 564 g/mol. The normalized spacial score (nSPS) is 15.8. The molecule has 2 aromatic rings. The number of pyridine rings is 1. The van der Waals surface area contributed by atoms with Gasteiger partial charge in [0.2, 0.25) is 11.0 Å². The highest BCUT2D eigenvalue weighted by Crippen LogP contribution is 2.16. The van der Waals surface area contributed by atoms with Gasteiger partial charge in [-0.25, -0.2) is 19.3 Å². The van der Waals surface area contributed by atoms with Crippen LogP contribution in [-0.4, -0.2) is 81.2 Å². The van der Waals surface area contributed by atoms with Gasteiger partial charge in [-0.2, -0.15) is 13.1 Å². The van der Waals surface area contributed by atoms with Crippen LogP contribution in [0.2, 0.25) is 0 Å². The molecule has 18 nitrogen and oxygen atoms in total. The third kappa shape index (κ3) is 7.06. The Labute approximate surface area is 223 Å². The number of carbonyl (C=O) groups is 4. The number of rotatable bonds is 10. The van der Waals surface area contributed by atoms with E-state index in [2.05, 4.69) is 20.4 Å². The molecule has 20 heteroatoms. The Morgan fingerprint density at radius 2 is 2.05 bits per heavy atom. The Kier molecular flexibility index (Phi) is 8.22. The molecule has 1 aliphatic heterocycles. The second-order valence-electron chi connectivity index (χ2n) is 8.33. The molecule has 39 heavy (non-hydrogen) atoms. The Balaban J connectivity index is 1.60. The molecule has 1 atom stereocenters. The number of urea groups is 1. The number of carbonyl (C=O) groups excluding carboxylic acids is 3. The summed E-state index contributed by atoms with van der Waals surface area (Å²) in [7, 11) is -4.48. The second-order valence-corrected chi connectivity index (χ2v) is 10.7. The summed E-state index contributed by atoms with van der Waals surface area (Å²) < 4.78 is 27.9. The van der Waals surface area contributed by atoms with Crippen molar-refractivity contribution in [2.45, 2.75) is 32.0 Å². The molecule has 0 radical (unpaired) electrons. The number of carboxylic acids is 1. The molecule has 1 saturated heterocycles. The minimum absolute atomic E-state index is 0.0651.